The molecular weight excluding hydrogens is 515 g/mol. The molecule has 1 aromatic heterocycles. The summed E-state index contributed by atoms with van der Waals surface area (Å²) in [4.78, 5) is 19.2. The van der Waals surface area contributed by atoms with E-state index in [0.717, 1.165) is 44.6 Å². The van der Waals surface area contributed by atoms with Gasteiger partial charge in [0, 0.05) is 44.9 Å². The molecule has 30 heavy (non-hydrogen) atoms. The molecule has 1 spiro atoms. The molecule has 1 saturated carbocycles. The minimum atomic E-state index is -0.385. The second-order valence-corrected chi connectivity index (χ2v) is 9.27. The fourth-order valence-corrected chi connectivity index (χ4v) is 4.32. The third-order valence-corrected chi connectivity index (χ3v) is 6.50. The van der Waals surface area contributed by atoms with Gasteiger partial charge in [-0.2, -0.15) is 0 Å². The van der Waals surface area contributed by atoms with Gasteiger partial charge in [-0.25, -0.2) is 4.99 Å². The van der Waals surface area contributed by atoms with Gasteiger partial charge in [0.2, 0.25) is 5.91 Å². The molecule has 9 heteroatoms. The Kier molecular flexibility index (Phi) is 10.3. The maximum absolute atomic E-state index is 11.9. The first-order chi connectivity index (χ1) is 14.0. The van der Waals surface area contributed by atoms with Crippen molar-refractivity contribution in [1.29, 1.82) is 0 Å². The molecule has 2 fully saturated rings. The van der Waals surface area contributed by atoms with Crippen LogP contribution < -0.4 is 10.6 Å². The zero-order valence-corrected chi connectivity index (χ0v) is 21.3. The molecule has 1 atom stereocenters. The van der Waals surface area contributed by atoms with Crippen LogP contribution in [0.4, 0.5) is 0 Å². The van der Waals surface area contributed by atoms with Crippen molar-refractivity contribution >= 4 is 47.2 Å². The van der Waals surface area contributed by atoms with Crippen molar-refractivity contribution in [2.75, 3.05) is 40.3 Å². The van der Waals surface area contributed by atoms with Gasteiger partial charge >= 0.3 is 0 Å². The smallest absolute Gasteiger partial charge is 0.243 e. The zero-order valence-electron chi connectivity index (χ0n) is 18.2. The Labute approximate surface area is 201 Å². The Morgan fingerprint density at radius 1 is 1.33 bits per heavy atom. The number of nitrogens with one attached hydrogen (secondary N) is 2. The molecule has 1 unspecified atom stereocenters. The van der Waals surface area contributed by atoms with Crippen LogP contribution in [0.15, 0.2) is 22.5 Å². The molecule has 0 radical (unpaired) electrons. The Hall–Kier alpha value is -0.910. The SMILES string of the molecule is CC1CCC2(CC1)OCC(CNC(=NCC(=O)N(C)C)NCCc1cccs1)O2.I. The lowest BCUT2D eigenvalue weighted by molar-refractivity contribution is -0.191. The van der Waals surface area contributed by atoms with E-state index in [0.29, 0.717) is 19.1 Å². The first-order valence-electron chi connectivity index (χ1n) is 10.5. The predicted octanol–water partition coefficient (Wildman–Crippen LogP) is 2.85. The number of amides is 1. The number of thiophene rings is 1. The van der Waals surface area contributed by atoms with Gasteiger partial charge in [-0.3, -0.25) is 4.79 Å². The summed E-state index contributed by atoms with van der Waals surface area (Å²) in [5.74, 6) is 0.980. The van der Waals surface area contributed by atoms with Crippen LogP contribution >= 0.6 is 35.3 Å². The van der Waals surface area contributed by atoms with Crippen LogP contribution in [0.3, 0.4) is 0 Å². The number of hydrogen-bond donors (Lipinski definition) is 2. The van der Waals surface area contributed by atoms with E-state index in [1.165, 1.54) is 4.88 Å². The molecule has 1 aliphatic heterocycles. The van der Waals surface area contributed by atoms with Crippen molar-refractivity contribution in [3.8, 4) is 0 Å². The van der Waals surface area contributed by atoms with E-state index in [1.807, 2.05) is 0 Å². The van der Waals surface area contributed by atoms with E-state index >= 15 is 0 Å². The number of aliphatic imine (C=N–C) groups is 1. The summed E-state index contributed by atoms with van der Waals surface area (Å²) in [6.07, 6.45) is 5.18. The van der Waals surface area contributed by atoms with Gasteiger partial charge in [0.1, 0.15) is 12.6 Å². The van der Waals surface area contributed by atoms with Crippen molar-refractivity contribution in [3.05, 3.63) is 22.4 Å². The van der Waals surface area contributed by atoms with Crippen molar-refractivity contribution in [1.82, 2.24) is 15.5 Å². The van der Waals surface area contributed by atoms with Gasteiger partial charge in [-0.15, -0.1) is 35.3 Å². The molecule has 2 N–H and O–H groups in total. The van der Waals surface area contributed by atoms with E-state index in [-0.39, 0.29) is 48.3 Å². The molecule has 2 aliphatic rings. The maximum atomic E-state index is 11.9. The molecule has 1 aliphatic carbocycles. The first-order valence-corrected chi connectivity index (χ1v) is 11.4. The fourth-order valence-electron chi connectivity index (χ4n) is 3.61. The number of rotatable bonds is 7. The highest BCUT2D eigenvalue weighted by atomic mass is 127. The van der Waals surface area contributed by atoms with E-state index in [4.69, 9.17) is 9.47 Å². The molecule has 1 saturated heterocycles. The van der Waals surface area contributed by atoms with Crippen LogP contribution in [0.1, 0.15) is 37.5 Å². The molecular formula is C21H35IN4O3S. The zero-order chi connectivity index (χ0) is 20.7. The number of carbonyl (C=O) groups is 1. The number of nitrogens with zero attached hydrogens (tertiary/aromatic N) is 2. The summed E-state index contributed by atoms with van der Waals surface area (Å²) in [6, 6.07) is 4.18. The number of hydrogen-bond acceptors (Lipinski definition) is 5. The van der Waals surface area contributed by atoms with Crippen LogP contribution in [0.25, 0.3) is 0 Å². The van der Waals surface area contributed by atoms with Crippen LogP contribution in [-0.4, -0.2) is 69.0 Å². The highest BCUT2D eigenvalue weighted by Gasteiger charge is 2.43. The van der Waals surface area contributed by atoms with Crippen LogP contribution in [-0.2, 0) is 20.7 Å². The van der Waals surface area contributed by atoms with E-state index in [2.05, 4.69) is 40.1 Å². The number of carbonyl (C=O) groups excluding carboxylic acids is 1. The molecule has 3 rings (SSSR count). The monoisotopic (exact) mass is 550 g/mol. The lowest BCUT2D eigenvalue weighted by atomic mass is 9.86. The summed E-state index contributed by atoms with van der Waals surface area (Å²) in [5.41, 5.74) is 0. The van der Waals surface area contributed by atoms with Crippen molar-refractivity contribution in [3.63, 3.8) is 0 Å². The van der Waals surface area contributed by atoms with Gasteiger partial charge in [-0.05, 0) is 36.6 Å². The van der Waals surface area contributed by atoms with Crippen molar-refractivity contribution in [2.45, 2.75) is 50.9 Å². The molecule has 7 nitrogen and oxygen atoms in total. The minimum Gasteiger partial charge on any atom is -0.356 e. The summed E-state index contributed by atoms with van der Waals surface area (Å²) in [6.45, 7) is 4.37. The maximum Gasteiger partial charge on any atom is 0.243 e. The quantitative estimate of drug-likeness (QED) is 0.311. The molecule has 0 bridgehead atoms. The summed E-state index contributed by atoms with van der Waals surface area (Å²) in [5, 5.41) is 8.75. The molecule has 1 aromatic rings. The average Bonchev–Trinajstić information content (AvgIpc) is 3.36. The summed E-state index contributed by atoms with van der Waals surface area (Å²) < 4.78 is 12.3. The highest BCUT2D eigenvalue weighted by molar-refractivity contribution is 14.0. The second-order valence-electron chi connectivity index (χ2n) is 8.23. The average molecular weight is 551 g/mol. The highest BCUT2D eigenvalue weighted by Crippen LogP contribution is 2.39. The Morgan fingerprint density at radius 2 is 2.10 bits per heavy atom. The number of likely N-dealkylation sites (N-methyl/N-ethyl adjacent to an activating group) is 1. The standard InChI is InChI=1S/C21H34N4O3S.HI/c1-16-6-9-21(10-7-16)27-15-17(28-21)13-23-20(24-14-19(26)25(2)3)22-11-8-18-5-4-12-29-18;/h4-5,12,16-17H,6-11,13-15H2,1-3H3,(H2,22,23,24);1H. The topological polar surface area (TPSA) is 75.2 Å². The molecule has 0 aromatic carbocycles. The largest absolute Gasteiger partial charge is 0.356 e. The number of ether oxygens (including phenoxy) is 2. The van der Waals surface area contributed by atoms with Crippen LogP contribution in [0, 0.1) is 5.92 Å². The number of guanidine groups is 1. The normalized spacial score (nSPS) is 26.3. The van der Waals surface area contributed by atoms with Crippen molar-refractivity contribution in [2.24, 2.45) is 10.9 Å². The van der Waals surface area contributed by atoms with E-state index in [9.17, 15) is 4.79 Å². The number of halogens is 1. The second kappa shape index (κ2) is 12.2. The van der Waals surface area contributed by atoms with Gasteiger partial charge < -0.3 is 25.0 Å². The van der Waals surface area contributed by atoms with E-state index < -0.39 is 0 Å². The van der Waals surface area contributed by atoms with Crippen LogP contribution in [0.2, 0.25) is 0 Å². The first kappa shape index (κ1) is 25.4. The van der Waals surface area contributed by atoms with Crippen molar-refractivity contribution < 1.29 is 14.3 Å². The predicted molar refractivity (Wildman–Crippen MR) is 132 cm³/mol. The fraction of sp³-hybridized carbons (Fsp3) is 0.714. The Morgan fingerprint density at radius 3 is 2.77 bits per heavy atom. The molecule has 1 amide bonds. The molecule has 2 heterocycles. The Balaban J connectivity index is 0.00000320. The summed E-state index contributed by atoms with van der Waals surface area (Å²) in [7, 11) is 3.48. The van der Waals surface area contributed by atoms with Gasteiger partial charge in [0.25, 0.3) is 0 Å². The van der Waals surface area contributed by atoms with Gasteiger partial charge in [0.15, 0.2) is 11.7 Å². The van der Waals surface area contributed by atoms with Crippen LogP contribution in [0.5, 0.6) is 0 Å². The third kappa shape index (κ3) is 7.65. The van der Waals surface area contributed by atoms with E-state index in [1.54, 1.807) is 30.3 Å². The van der Waals surface area contributed by atoms with Gasteiger partial charge in [0.05, 0.1) is 6.61 Å². The summed E-state index contributed by atoms with van der Waals surface area (Å²) >= 11 is 1.75. The molecule has 170 valence electrons. The minimum absolute atomic E-state index is 0. The Bertz CT molecular complexity index is 676. The third-order valence-electron chi connectivity index (χ3n) is 5.56. The lowest BCUT2D eigenvalue weighted by Crippen LogP contribution is -2.44. The van der Waals surface area contributed by atoms with Gasteiger partial charge in [-0.1, -0.05) is 13.0 Å². The lowest BCUT2D eigenvalue weighted by Gasteiger charge is -2.34.